The van der Waals surface area contributed by atoms with Crippen LogP contribution in [-0.4, -0.2) is 48.8 Å². The van der Waals surface area contributed by atoms with Crippen molar-refractivity contribution >= 4 is 43.7 Å². The third kappa shape index (κ3) is 3.60. The molecule has 0 bridgehead atoms. The SMILES string of the molecule is CC(C)(C)c1ccc(C(=O)O)cc1.[CaH2]. The van der Waals surface area contributed by atoms with E-state index in [-0.39, 0.29) is 43.2 Å². The molecule has 14 heavy (non-hydrogen) atoms. The molecule has 1 aromatic carbocycles. The number of benzene rings is 1. The Morgan fingerprint density at radius 1 is 1.14 bits per heavy atom. The Kier molecular flexibility index (Phi) is 5.13. The molecule has 3 heteroatoms. The minimum atomic E-state index is -0.875. The minimum absolute atomic E-state index is 0. The van der Waals surface area contributed by atoms with Crippen molar-refractivity contribution in [1.82, 2.24) is 0 Å². The average molecular weight is 220 g/mol. The molecule has 0 unspecified atom stereocenters. The van der Waals surface area contributed by atoms with Crippen LogP contribution in [0.1, 0.15) is 36.7 Å². The van der Waals surface area contributed by atoms with Gasteiger partial charge in [-0.05, 0) is 23.1 Å². The van der Waals surface area contributed by atoms with Crippen molar-refractivity contribution in [2.24, 2.45) is 0 Å². The Morgan fingerprint density at radius 2 is 1.57 bits per heavy atom. The summed E-state index contributed by atoms with van der Waals surface area (Å²) in [7, 11) is 0. The molecule has 0 heterocycles. The standard InChI is InChI=1S/C11H14O2.Ca.2H/c1-11(2,3)9-6-4-8(5-7-9)10(12)13;;;/h4-7H,1-3H3,(H,12,13);;;. The van der Waals surface area contributed by atoms with Crippen molar-refractivity contribution in [2.45, 2.75) is 26.2 Å². The van der Waals surface area contributed by atoms with Gasteiger partial charge >= 0.3 is 43.7 Å². The van der Waals surface area contributed by atoms with Crippen LogP contribution in [0.4, 0.5) is 0 Å². The molecule has 0 fully saturated rings. The van der Waals surface area contributed by atoms with E-state index in [4.69, 9.17) is 5.11 Å². The van der Waals surface area contributed by atoms with Gasteiger partial charge in [-0.1, -0.05) is 32.9 Å². The van der Waals surface area contributed by atoms with Crippen LogP contribution < -0.4 is 0 Å². The molecule has 0 atom stereocenters. The van der Waals surface area contributed by atoms with Crippen LogP contribution in [0, 0.1) is 0 Å². The van der Waals surface area contributed by atoms with Gasteiger partial charge in [-0.15, -0.1) is 0 Å². The zero-order valence-corrected chi connectivity index (χ0v) is 8.16. The second-order valence-corrected chi connectivity index (χ2v) is 4.13. The fourth-order valence-electron chi connectivity index (χ4n) is 1.11. The first-order valence-electron chi connectivity index (χ1n) is 4.25. The topological polar surface area (TPSA) is 37.3 Å². The quantitative estimate of drug-likeness (QED) is 0.732. The first-order valence-corrected chi connectivity index (χ1v) is 4.25. The second-order valence-electron chi connectivity index (χ2n) is 4.13. The molecule has 0 radical (unpaired) electrons. The zero-order valence-electron chi connectivity index (χ0n) is 8.16. The summed E-state index contributed by atoms with van der Waals surface area (Å²) in [5.74, 6) is -0.875. The second kappa shape index (κ2) is 5.15. The molecule has 0 saturated carbocycles. The third-order valence-corrected chi connectivity index (χ3v) is 2.00. The summed E-state index contributed by atoms with van der Waals surface area (Å²) in [4.78, 5) is 10.6. The number of hydrogen-bond acceptors (Lipinski definition) is 1. The van der Waals surface area contributed by atoms with Gasteiger partial charge < -0.3 is 5.11 Å². The molecule has 0 aliphatic heterocycles. The molecule has 1 N–H and O–H groups in total. The maximum atomic E-state index is 10.6. The zero-order chi connectivity index (χ0) is 10.1. The first kappa shape index (κ1) is 13.9. The maximum absolute atomic E-state index is 10.6. The van der Waals surface area contributed by atoms with Gasteiger partial charge in [0.2, 0.25) is 0 Å². The van der Waals surface area contributed by atoms with Crippen LogP contribution in [0.2, 0.25) is 0 Å². The van der Waals surface area contributed by atoms with Crippen LogP contribution in [-0.2, 0) is 5.41 Å². The molecule has 0 amide bonds. The predicted octanol–water partition coefficient (Wildman–Crippen LogP) is 1.77. The monoisotopic (exact) mass is 220 g/mol. The molecular formula is C11H16CaO2. The van der Waals surface area contributed by atoms with E-state index in [9.17, 15) is 4.79 Å². The number of carboxylic acid groups (broad SMARTS) is 1. The van der Waals surface area contributed by atoms with Gasteiger partial charge in [0.15, 0.2) is 0 Å². The first-order chi connectivity index (χ1) is 5.91. The third-order valence-electron chi connectivity index (χ3n) is 2.00. The van der Waals surface area contributed by atoms with E-state index in [0.717, 1.165) is 5.56 Å². The van der Waals surface area contributed by atoms with Crippen LogP contribution in [0.3, 0.4) is 0 Å². The normalized spacial score (nSPS) is 10.5. The van der Waals surface area contributed by atoms with Crippen molar-refractivity contribution in [3.63, 3.8) is 0 Å². The van der Waals surface area contributed by atoms with Gasteiger partial charge in [-0.3, -0.25) is 0 Å². The van der Waals surface area contributed by atoms with Gasteiger partial charge in [-0.2, -0.15) is 0 Å². The van der Waals surface area contributed by atoms with E-state index in [0.29, 0.717) is 5.56 Å². The van der Waals surface area contributed by atoms with Crippen molar-refractivity contribution in [2.75, 3.05) is 0 Å². The molecule has 0 aliphatic carbocycles. The molecule has 74 valence electrons. The summed E-state index contributed by atoms with van der Waals surface area (Å²) in [5.41, 5.74) is 1.57. The van der Waals surface area contributed by atoms with Crippen molar-refractivity contribution in [3.05, 3.63) is 35.4 Å². The Balaban J connectivity index is 0.00000169. The molecule has 0 saturated heterocycles. The molecule has 0 aromatic heterocycles. The van der Waals surface area contributed by atoms with E-state index in [1.54, 1.807) is 12.1 Å². The van der Waals surface area contributed by atoms with E-state index in [1.165, 1.54) is 0 Å². The Bertz CT molecular complexity index is 309. The Morgan fingerprint density at radius 3 is 1.86 bits per heavy atom. The molecule has 1 rings (SSSR count). The molecule has 0 aliphatic rings. The summed E-state index contributed by atoms with van der Waals surface area (Å²) < 4.78 is 0. The number of carboxylic acids is 1. The predicted molar refractivity (Wildman–Crippen MR) is 60.6 cm³/mol. The van der Waals surface area contributed by atoms with Gasteiger partial charge in [0, 0.05) is 0 Å². The summed E-state index contributed by atoms with van der Waals surface area (Å²) in [6.07, 6.45) is 0. The summed E-state index contributed by atoms with van der Waals surface area (Å²) in [6.45, 7) is 6.30. The molecule has 2 nitrogen and oxygen atoms in total. The van der Waals surface area contributed by atoms with E-state index in [1.807, 2.05) is 12.1 Å². The van der Waals surface area contributed by atoms with E-state index < -0.39 is 5.97 Å². The number of rotatable bonds is 1. The summed E-state index contributed by atoms with van der Waals surface area (Å²) in [5, 5.41) is 8.68. The fourth-order valence-corrected chi connectivity index (χ4v) is 1.11. The van der Waals surface area contributed by atoms with Gasteiger partial charge in [0.05, 0.1) is 5.56 Å². The molecule has 1 aromatic rings. The van der Waals surface area contributed by atoms with Crippen molar-refractivity contribution in [3.8, 4) is 0 Å². The van der Waals surface area contributed by atoms with E-state index in [2.05, 4.69) is 20.8 Å². The van der Waals surface area contributed by atoms with Crippen molar-refractivity contribution in [1.29, 1.82) is 0 Å². The van der Waals surface area contributed by atoms with Crippen LogP contribution >= 0.6 is 0 Å². The summed E-state index contributed by atoms with van der Waals surface area (Å²) >= 11 is 0. The van der Waals surface area contributed by atoms with Crippen LogP contribution in [0.25, 0.3) is 0 Å². The van der Waals surface area contributed by atoms with Crippen molar-refractivity contribution < 1.29 is 9.90 Å². The number of carbonyl (C=O) groups is 1. The summed E-state index contributed by atoms with van der Waals surface area (Å²) in [6, 6.07) is 7.01. The Labute approximate surface area is 114 Å². The van der Waals surface area contributed by atoms with Crippen LogP contribution in [0.15, 0.2) is 24.3 Å². The number of hydrogen-bond donors (Lipinski definition) is 1. The van der Waals surface area contributed by atoms with Gasteiger partial charge in [-0.25, -0.2) is 4.79 Å². The Hall–Kier alpha value is -0.0503. The van der Waals surface area contributed by atoms with E-state index >= 15 is 0 Å². The van der Waals surface area contributed by atoms with Gasteiger partial charge in [0.25, 0.3) is 0 Å². The fraction of sp³-hybridized carbons (Fsp3) is 0.364. The molecule has 0 spiro atoms. The average Bonchev–Trinajstić information content (AvgIpc) is 2.03. The van der Waals surface area contributed by atoms with Crippen LogP contribution in [0.5, 0.6) is 0 Å². The molecular weight excluding hydrogens is 204 g/mol. The van der Waals surface area contributed by atoms with Gasteiger partial charge in [0.1, 0.15) is 0 Å². The number of aromatic carboxylic acids is 1.